The van der Waals surface area contributed by atoms with Gasteiger partial charge in [-0.3, -0.25) is 4.79 Å². The maximum Gasteiger partial charge on any atom is 0.416 e. The van der Waals surface area contributed by atoms with Crippen molar-refractivity contribution in [3.8, 4) is 0 Å². The fraction of sp³-hybridized carbons (Fsp3) is 0.533. The fourth-order valence-corrected chi connectivity index (χ4v) is 3.05. The minimum absolute atomic E-state index is 0.0520. The molecule has 1 saturated heterocycles. The van der Waals surface area contributed by atoms with E-state index < -0.39 is 11.7 Å². The zero-order valence-corrected chi connectivity index (χ0v) is 11.0. The third-order valence-electron chi connectivity index (χ3n) is 4.33. The lowest BCUT2D eigenvalue weighted by atomic mass is 9.98. The average molecular weight is 283 g/mol. The SMILES string of the molecule is O=C1CCCC2(CC2)N1Cc1cccc(C(F)(F)F)c1. The van der Waals surface area contributed by atoms with Crippen LogP contribution in [0.5, 0.6) is 0 Å². The Morgan fingerprint density at radius 1 is 1.20 bits per heavy atom. The molecule has 0 N–H and O–H groups in total. The average Bonchev–Trinajstić information content (AvgIpc) is 3.14. The summed E-state index contributed by atoms with van der Waals surface area (Å²) in [6, 6.07) is 5.28. The van der Waals surface area contributed by atoms with Crippen molar-refractivity contribution in [3.05, 3.63) is 35.4 Å². The zero-order valence-electron chi connectivity index (χ0n) is 11.0. The van der Waals surface area contributed by atoms with Gasteiger partial charge in [-0.15, -0.1) is 0 Å². The molecule has 1 heterocycles. The number of carbonyl (C=O) groups excluding carboxylic acids is 1. The number of benzene rings is 1. The molecule has 1 aromatic rings. The Hall–Kier alpha value is -1.52. The minimum atomic E-state index is -4.33. The first-order chi connectivity index (χ1) is 9.41. The van der Waals surface area contributed by atoms with Gasteiger partial charge in [-0.1, -0.05) is 12.1 Å². The Balaban J connectivity index is 1.82. The van der Waals surface area contributed by atoms with Crippen LogP contribution in [0.1, 0.15) is 43.2 Å². The quantitative estimate of drug-likeness (QED) is 0.809. The highest BCUT2D eigenvalue weighted by molar-refractivity contribution is 5.78. The van der Waals surface area contributed by atoms with Crippen molar-refractivity contribution in [3.63, 3.8) is 0 Å². The summed E-state index contributed by atoms with van der Waals surface area (Å²) in [6.45, 7) is 0.294. The molecule has 0 radical (unpaired) electrons. The van der Waals surface area contributed by atoms with Crippen molar-refractivity contribution < 1.29 is 18.0 Å². The number of alkyl halides is 3. The standard InChI is InChI=1S/C15H16F3NO/c16-15(17,18)12-4-1-3-11(9-12)10-19-13(20)5-2-6-14(19)7-8-14/h1,3-4,9H,2,5-8,10H2. The number of hydrogen-bond donors (Lipinski definition) is 0. The van der Waals surface area contributed by atoms with Gasteiger partial charge in [0, 0.05) is 18.5 Å². The number of carbonyl (C=O) groups is 1. The summed E-state index contributed by atoms with van der Waals surface area (Å²) in [5.74, 6) is 0.0751. The predicted molar refractivity (Wildman–Crippen MR) is 67.8 cm³/mol. The molecule has 1 spiro atoms. The van der Waals surface area contributed by atoms with Crippen LogP contribution in [0.4, 0.5) is 13.2 Å². The van der Waals surface area contributed by atoms with Gasteiger partial charge in [0.15, 0.2) is 0 Å². The Labute approximate surface area is 115 Å². The summed E-state index contributed by atoms with van der Waals surface area (Å²) in [5.41, 5.74) is -0.144. The summed E-state index contributed by atoms with van der Waals surface area (Å²) in [6.07, 6.45) is 0.0327. The van der Waals surface area contributed by atoms with E-state index in [1.54, 1.807) is 11.0 Å². The molecule has 1 saturated carbocycles. The molecule has 2 fully saturated rings. The number of nitrogens with zero attached hydrogens (tertiary/aromatic N) is 1. The lowest BCUT2D eigenvalue weighted by Gasteiger charge is -2.36. The monoisotopic (exact) mass is 283 g/mol. The van der Waals surface area contributed by atoms with E-state index in [-0.39, 0.29) is 11.4 Å². The lowest BCUT2D eigenvalue weighted by molar-refractivity contribution is -0.138. The number of hydrogen-bond acceptors (Lipinski definition) is 1. The van der Waals surface area contributed by atoms with Gasteiger partial charge in [0.1, 0.15) is 0 Å². The molecule has 1 amide bonds. The van der Waals surface area contributed by atoms with Gasteiger partial charge in [0.25, 0.3) is 0 Å². The Morgan fingerprint density at radius 3 is 2.60 bits per heavy atom. The van der Waals surface area contributed by atoms with Gasteiger partial charge in [0.05, 0.1) is 5.56 Å². The van der Waals surface area contributed by atoms with Gasteiger partial charge in [-0.25, -0.2) is 0 Å². The van der Waals surface area contributed by atoms with Gasteiger partial charge in [-0.2, -0.15) is 13.2 Å². The second kappa shape index (κ2) is 4.50. The molecule has 5 heteroatoms. The topological polar surface area (TPSA) is 20.3 Å². The van der Waals surface area contributed by atoms with Crippen LogP contribution in [0.15, 0.2) is 24.3 Å². The van der Waals surface area contributed by atoms with Crippen LogP contribution in [-0.4, -0.2) is 16.3 Å². The smallest absolute Gasteiger partial charge is 0.333 e. The number of likely N-dealkylation sites (tertiary alicyclic amines) is 1. The number of amides is 1. The van der Waals surface area contributed by atoms with E-state index in [2.05, 4.69) is 0 Å². The van der Waals surface area contributed by atoms with Crippen molar-refractivity contribution in [2.45, 2.75) is 50.4 Å². The minimum Gasteiger partial charge on any atom is -0.333 e. The second-order valence-electron chi connectivity index (χ2n) is 5.76. The third kappa shape index (κ3) is 2.41. The molecule has 20 heavy (non-hydrogen) atoms. The highest BCUT2D eigenvalue weighted by Crippen LogP contribution is 2.49. The molecular formula is C15H16F3NO. The normalized spacial score (nSPS) is 21.4. The molecule has 1 aliphatic heterocycles. The molecule has 1 aliphatic carbocycles. The fourth-order valence-electron chi connectivity index (χ4n) is 3.05. The largest absolute Gasteiger partial charge is 0.416 e. The van der Waals surface area contributed by atoms with Crippen LogP contribution in [-0.2, 0) is 17.5 Å². The van der Waals surface area contributed by atoms with Crippen LogP contribution < -0.4 is 0 Å². The van der Waals surface area contributed by atoms with Crippen LogP contribution >= 0.6 is 0 Å². The second-order valence-corrected chi connectivity index (χ2v) is 5.76. The van der Waals surface area contributed by atoms with Crippen molar-refractivity contribution in [2.24, 2.45) is 0 Å². The summed E-state index contributed by atoms with van der Waals surface area (Å²) in [5, 5.41) is 0. The lowest BCUT2D eigenvalue weighted by Crippen LogP contribution is -2.44. The summed E-state index contributed by atoms with van der Waals surface area (Å²) >= 11 is 0. The van der Waals surface area contributed by atoms with E-state index in [4.69, 9.17) is 0 Å². The van der Waals surface area contributed by atoms with Crippen molar-refractivity contribution in [1.82, 2.24) is 4.90 Å². The molecule has 108 valence electrons. The maximum absolute atomic E-state index is 12.7. The number of halogens is 3. The van der Waals surface area contributed by atoms with E-state index in [0.717, 1.165) is 37.8 Å². The highest BCUT2D eigenvalue weighted by Gasteiger charge is 2.51. The summed E-state index contributed by atoms with van der Waals surface area (Å²) < 4.78 is 38.1. The molecule has 0 aromatic heterocycles. The van der Waals surface area contributed by atoms with E-state index >= 15 is 0 Å². The first-order valence-electron chi connectivity index (χ1n) is 6.87. The third-order valence-corrected chi connectivity index (χ3v) is 4.33. The molecule has 0 unspecified atom stereocenters. The highest BCUT2D eigenvalue weighted by atomic mass is 19.4. The first-order valence-corrected chi connectivity index (χ1v) is 6.87. The van der Waals surface area contributed by atoms with Crippen LogP contribution in [0.3, 0.4) is 0 Å². The molecule has 3 rings (SSSR count). The molecule has 0 bridgehead atoms. The predicted octanol–water partition coefficient (Wildman–Crippen LogP) is 3.75. The first kappa shape index (κ1) is 13.5. The van der Waals surface area contributed by atoms with Gasteiger partial charge >= 0.3 is 6.18 Å². The number of rotatable bonds is 2. The van der Waals surface area contributed by atoms with E-state index in [9.17, 15) is 18.0 Å². The Morgan fingerprint density at radius 2 is 1.95 bits per heavy atom. The molecule has 0 atom stereocenters. The van der Waals surface area contributed by atoms with Crippen molar-refractivity contribution in [1.29, 1.82) is 0 Å². The van der Waals surface area contributed by atoms with E-state index in [0.29, 0.717) is 18.5 Å². The zero-order chi connectivity index (χ0) is 14.4. The molecule has 1 aromatic carbocycles. The number of piperidine rings is 1. The van der Waals surface area contributed by atoms with Gasteiger partial charge in [-0.05, 0) is 43.4 Å². The van der Waals surface area contributed by atoms with E-state index in [1.807, 2.05) is 0 Å². The summed E-state index contributed by atoms with van der Waals surface area (Å²) in [7, 11) is 0. The van der Waals surface area contributed by atoms with Crippen LogP contribution in [0.2, 0.25) is 0 Å². The Bertz CT molecular complexity index is 534. The van der Waals surface area contributed by atoms with Gasteiger partial charge in [0.2, 0.25) is 5.91 Å². The van der Waals surface area contributed by atoms with Crippen LogP contribution in [0.25, 0.3) is 0 Å². The molecular weight excluding hydrogens is 267 g/mol. The summed E-state index contributed by atoms with van der Waals surface area (Å²) in [4.78, 5) is 13.8. The van der Waals surface area contributed by atoms with E-state index in [1.165, 1.54) is 6.07 Å². The van der Waals surface area contributed by atoms with Crippen molar-refractivity contribution in [2.75, 3.05) is 0 Å². The maximum atomic E-state index is 12.7. The van der Waals surface area contributed by atoms with Crippen molar-refractivity contribution >= 4 is 5.91 Å². The molecule has 2 aliphatic rings. The van der Waals surface area contributed by atoms with Crippen LogP contribution in [0, 0.1) is 0 Å². The van der Waals surface area contributed by atoms with Gasteiger partial charge < -0.3 is 4.90 Å². The molecule has 2 nitrogen and oxygen atoms in total. The Kier molecular flexibility index (Phi) is 3.03.